The molecule has 0 aliphatic heterocycles. The number of benzene rings is 2. The van der Waals surface area contributed by atoms with Gasteiger partial charge in [0.05, 0.1) is 36.6 Å². The lowest BCUT2D eigenvalue weighted by atomic mass is 10.0. The number of rotatable bonds is 9. The van der Waals surface area contributed by atoms with Crippen LogP contribution in [0.3, 0.4) is 0 Å². The number of thiazole rings is 1. The van der Waals surface area contributed by atoms with Crippen LogP contribution in [0.2, 0.25) is 0 Å². The standard InChI is InChI=1S/C26H23N3O4S/c1-3-32-14-15-33-24-20(5-4-6-22(24)31-2)11-12-21-23(19-9-7-18(17-27)8-10-19)25(30)29-13-16-34-26(29)28-21/h4-13,16H,3,14-15H2,1-2H3/b12-11+. The lowest BCUT2D eigenvalue weighted by Crippen LogP contribution is -2.17. The van der Waals surface area contributed by atoms with Gasteiger partial charge in [-0.2, -0.15) is 5.26 Å². The van der Waals surface area contributed by atoms with E-state index in [1.54, 1.807) is 43.6 Å². The summed E-state index contributed by atoms with van der Waals surface area (Å²) < 4.78 is 18.3. The lowest BCUT2D eigenvalue weighted by molar-refractivity contribution is 0.109. The number of nitrogens with zero attached hydrogens (tertiary/aromatic N) is 3. The van der Waals surface area contributed by atoms with Crippen molar-refractivity contribution < 1.29 is 14.2 Å². The maximum atomic E-state index is 13.3. The minimum absolute atomic E-state index is 0.172. The van der Waals surface area contributed by atoms with Crippen molar-refractivity contribution in [3.63, 3.8) is 0 Å². The van der Waals surface area contributed by atoms with Crippen LogP contribution in [0.1, 0.15) is 23.7 Å². The SMILES string of the molecule is CCOCCOc1c(/C=C/c2nc3sccn3c(=O)c2-c2ccc(C#N)cc2)cccc1OC. The average Bonchev–Trinajstić information content (AvgIpc) is 3.35. The Balaban J connectivity index is 1.78. The minimum Gasteiger partial charge on any atom is -0.493 e. The molecule has 172 valence electrons. The minimum atomic E-state index is -0.172. The van der Waals surface area contributed by atoms with E-state index in [1.165, 1.54) is 15.7 Å². The Morgan fingerprint density at radius 1 is 1.15 bits per heavy atom. The number of hydrogen-bond donors (Lipinski definition) is 0. The van der Waals surface area contributed by atoms with E-state index >= 15 is 0 Å². The van der Waals surface area contributed by atoms with E-state index in [-0.39, 0.29) is 5.56 Å². The Morgan fingerprint density at radius 3 is 2.71 bits per heavy atom. The summed E-state index contributed by atoms with van der Waals surface area (Å²) in [6.07, 6.45) is 5.37. The number of aromatic nitrogens is 2. The highest BCUT2D eigenvalue weighted by Crippen LogP contribution is 2.33. The number of fused-ring (bicyclic) bond motifs is 1. The molecule has 0 saturated heterocycles. The Morgan fingerprint density at radius 2 is 1.97 bits per heavy atom. The summed E-state index contributed by atoms with van der Waals surface area (Å²) in [7, 11) is 1.59. The van der Waals surface area contributed by atoms with Crippen molar-refractivity contribution in [1.82, 2.24) is 9.38 Å². The van der Waals surface area contributed by atoms with Crippen molar-refractivity contribution in [2.45, 2.75) is 6.92 Å². The molecular weight excluding hydrogens is 450 g/mol. The molecule has 0 spiro atoms. The third kappa shape index (κ3) is 4.86. The lowest BCUT2D eigenvalue weighted by Gasteiger charge is -2.13. The van der Waals surface area contributed by atoms with Crippen LogP contribution in [0.5, 0.6) is 11.5 Å². The highest BCUT2D eigenvalue weighted by Gasteiger charge is 2.15. The van der Waals surface area contributed by atoms with E-state index in [2.05, 4.69) is 6.07 Å². The predicted octanol–water partition coefficient (Wildman–Crippen LogP) is 4.89. The van der Waals surface area contributed by atoms with Crippen molar-refractivity contribution in [1.29, 1.82) is 5.26 Å². The molecule has 2 aromatic heterocycles. The number of methoxy groups -OCH3 is 1. The van der Waals surface area contributed by atoms with Gasteiger partial charge in [0.15, 0.2) is 16.5 Å². The maximum Gasteiger partial charge on any atom is 0.266 e. The van der Waals surface area contributed by atoms with Gasteiger partial charge in [0.25, 0.3) is 5.56 Å². The molecule has 8 heteroatoms. The Hall–Kier alpha value is -3.93. The first kappa shape index (κ1) is 23.2. The van der Waals surface area contributed by atoms with Gasteiger partial charge in [-0.25, -0.2) is 4.98 Å². The first-order valence-corrected chi connectivity index (χ1v) is 11.6. The topological polar surface area (TPSA) is 85.9 Å². The van der Waals surface area contributed by atoms with E-state index in [1.807, 2.05) is 36.6 Å². The van der Waals surface area contributed by atoms with Crippen LogP contribution >= 0.6 is 11.3 Å². The molecule has 7 nitrogen and oxygen atoms in total. The maximum absolute atomic E-state index is 13.3. The van der Waals surface area contributed by atoms with Gasteiger partial charge in [-0.3, -0.25) is 9.20 Å². The molecule has 4 aromatic rings. The summed E-state index contributed by atoms with van der Waals surface area (Å²) in [6.45, 7) is 3.40. The molecule has 0 saturated carbocycles. The molecule has 0 bridgehead atoms. The smallest absolute Gasteiger partial charge is 0.266 e. The van der Waals surface area contributed by atoms with Gasteiger partial charge in [0.2, 0.25) is 0 Å². The number of hydrogen-bond acceptors (Lipinski definition) is 7. The molecule has 0 unspecified atom stereocenters. The van der Waals surface area contributed by atoms with Crippen molar-refractivity contribution >= 4 is 28.4 Å². The molecule has 2 aromatic carbocycles. The summed E-state index contributed by atoms with van der Waals surface area (Å²) in [4.78, 5) is 18.6. The van der Waals surface area contributed by atoms with Gasteiger partial charge in [0.1, 0.15) is 6.61 Å². The molecule has 0 aliphatic carbocycles. The molecule has 4 rings (SSSR count). The van der Waals surface area contributed by atoms with Gasteiger partial charge < -0.3 is 14.2 Å². The van der Waals surface area contributed by atoms with Crippen LogP contribution < -0.4 is 15.0 Å². The fraction of sp³-hybridized carbons (Fsp3) is 0.192. The van der Waals surface area contributed by atoms with E-state index in [0.717, 1.165) is 5.56 Å². The molecule has 0 radical (unpaired) electrons. The summed E-state index contributed by atoms with van der Waals surface area (Å²) in [5, 5.41) is 10.9. The normalized spacial score (nSPS) is 11.1. The van der Waals surface area contributed by atoms with E-state index in [9.17, 15) is 4.79 Å². The molecule has 0 fully saturated rings. The Bertz CT molecular complexity index is 1410. The number of ether oxygens (including phenoxy) is 3. The third-order valence-corrected chi connectivity index (χ3v) is 5.88. The van der Waals surface area contributed by atoms with Crippen LogP contribution in [0, 0.1) is 11.3 Å². The Labute approximate surface area is 201 Å². The average molecular weight is 474 g/mol. The fourth-order valence-corrected chi connectivity index (χ4v) is 4.21. The second kappa shape index (κ2) is 10.8. The van der Waals surface area contributed by atoms with Crippen LogP contribution in [-0.2, 0) is 4.74 Å². The molecule has 0 aliphatic rings. The highest BCUT2D eigenvalue weighted by molar-refractivity contribution is 7.15. The van der Waals surface area contributed by atoms with Gasteiger partial charge in [0, 0.05) is 23.7 Å². The second-order valence-corrected chi connectivity index (χ2v) is 8.05. The molecular formula is C26H23N3O4S. The van der Waals surface area contributed by atoms with Gasteiger partial charge >= 0.3 is 0 Å². The number of nitriles is 1. The molecule has 2 heterocycles. The van der Waals surface area contributed by atoms with Crippen molar-refractivity contribution in [2.75, 3.05) is 26.9 Å². The zero-order valence-corrected chi connectivity index (χ0v) is 19.7. The van der Waals surface area contributed by atoms with Crippen molar-refractivity contribution in [3.05, 3.63) is 81.2 Å². The highest BCUT2D eigenvalue weighted by atomic mass is 32.1. The van der Waals surface area contributed by atoms with Crippen LogP contribution in [0.15, 0.2) is 58.8 Å². The van der Waals surface area contributed by atoms with E-state index < -0.39 is 0 Å². The number of para-hydroxylation sites is 1. The van der Waals surface area contributed by atoms with Crippen molar-refractivity contribution in [2.24, 2.45) is 0 Å². The predicted molar refractivity (Wildman–Crippen MR) is 133 cm³/mol. The molecule has 0 N–H and O–H groups in total. The molecule has 0 atom stereocenters. The summed E-state index contributed by atoms with van der Waals surface area (Å²) in [6, 6.07) is 14.6. The summed E-state index contributed by atoms with van der Waals surface area (Å²) in [5.41, 5.74) is 2.81. The first-order chi connectivity index (χ1) is 16.7. The summed E-state index contributed by atoms with van der Waals surface area (Å²) >= 11 is 1.39. The van der Waals surface area contributed by atoms with Gasteiger partial charge in [-0.1, -0.05) is 24.3 Å². The van der Waals surface area contributed by atoms with Gasteiger partial charge in [-0.15, -0.1) is 11.3 Å². The van der Waals surface area contributed by atoms with Gasteiger partial charge in [-0.05, 0) is 42.8 Å². The Kier molecular flexibility index (Phi) is 7.38. The zero-order valence-electron chi connectivity index (χ0n) is 18.9. The van der Waals surface area contributed by atoms with Crippen molar-refractivity contribution in [3.8, 4) is 28.7 Å². The third-order valence-electron chi connectivity index (χ3n) is 5.13. The van der Waals surface area contributed by atoms with E-state index in [0.29, 0.717) is 58.7 Å². The molecule has 0 amide bonds. The summed E-state index contributed by atoms with van der Waals surface area (Å²) in [5.74, 6) is 1.20. The molecule has 34 heavy (non-hydrogen) atoms. The largest absolute Gasteiger partial charge is 0.493 e. The fourth-order valence-electron chi connectivity index (χ4n) is 3.49. The first-order valence-electron chi connectivity index (χ1n) is 10.7. The zero-order chi connectivity index (χ0) is 23.9. The van der Waals surface area contributed by atoms with E-state index in [4.69, 9.17) is 24.5 Å². The van der Waals surface area contributed by atoms with Crippen LogP contribution in [0.4, 0.5) is 0 Å². The van der Waals surface area contributed by atoms with Crippen LogP contribution in [0.25, 0.3) is 28.2 Å². The second-order valence-electron chi connectivity index (χ2n) is 7.18. The quantitative estimate of drug-likeness (QED) is 0.322. The van der Waals surface area contributed by atoms with Crippen LogP contribution in [-0.4, -0.2) is 36.3 Å². The monoisotopic (exact) mass is 473 g/mol.